The molecule has 2 rings (SSSR count). The van der Waals surface area contributed by atoms with Crippen LogP contribution in [0.4, 0.5) is 0 Å². The average molecular weight is 325 g/mol. The van der Waals surface area contributed by atoms with Crippen molar-refractivity contribution >= 4 is 11.8 Å². The molecule has 2 aromatic rings. The van der Waals surface area contributed by atoms with Crippen molar-refractivity contribution in [2.24, 2.45) is 0 Å². The standard InChI is InChI=1S/C19H23N3O2/c1-13-5-7-14(8-6-13)10-21-17(23)15-9-16(12-20-11-15)18(24)22-19(2,3)4/h5-9,11-12H,10H2,1-4H3,(H,21,23)(H,22,24). The molecular formula is C19H23N3O2. The van der Waals surface area contributed by atoms with Crippen LogP contribution in [0.15, 0.2) is 42.7 Å². The molecule has 24 heavy (non-hydrogen) atoms. The first-order valence-electron chi connectivity index (χ1n) is 7.86. The molecule has 0 bridgehead atoms. The molecule has 0 radical (unpaired) electrons. The third-order valence-electron chi connectivity index (χ3n) is 3.32. The number of nitrogens with zero attached hydrogens (tertiary/aromatic N) is 1. The number of pyridine rings is 1. The SMILES string of the molecule is Cc1ccc(CNC(=O)c2cncc(C(=O)NC(C)(C)C)c2)cc1. The molecule has 0 saturated carbocycles. The van der Waals surface area contributed by atoms with Crippen molar-refractivity contribution in [1.82, 2.24) is 15.6 Å². The first kappa shape index (κ1) is 17.7. The maximum absolute atomic E-state index is 12.3. The number of rotatable bonds is 4. The van der Waals surface area contributed by atoms with Gasteiger partial charge in [0.25, 0.3) is 11.8 Å². The molecule has 0 saturated heterocycles. The van der Waals surface area contributed by atoms with Gasteiger partial charge in [0.15, 0.2) is 0 Å². The zero-order valence-electron chi connectivity index (χ0n) is 14.5. The quantitative estimate of drug-likeness (QED) is 0.908. The Kier molecular flexibility index (Phi) is 5.34. The molecule has 0 aliphatic rings. The Balaban J connectivity index is 2.03. The largest absolute Gasteiger partial charge is 0.348 e. The van der Waals surface area contributed by atoms with E-state index in [4.69, 9.17) is 0 Å². The highest BCUT2D eigenvalue weighted by molar-refractivity contribution is 5.99. The zero-order valence-corrected chi connectivity index (χ0v) is 14.5. The number of aromatic nitrogens is 1. The highest BCUT2D eigenvalue weighted by atomic mass is 16.2. The number of aryl methyl sites for hydroxylation is 1. The lowest BCUT2D eigenvalue weighted by Gasteiger charge is -2.20. The van der Waals surface area contributed by atoms with Gasteiger partial charge in [-0.1, -0.05) is 29.8 Å². The predicted molar refractivity (Wildman–Crippen MR) is 93.8 cm³/mol. The summed E-state index contributed by atoms with van der Waals surface area (Å²) in [5.41, 5.74) is 2.58. The monoisotopic (exact) mass is 325 g/mol. The zero-order chi connectivity index (χ0) is 17.7. The average Bonchev–Trinajstić information content (AvgIpc) is 2.52. The van der Waals surface area contributed by atoms with Gasteiger partial charge in [0.1, 0.15) is 0 Å². The summed E-state index contributed by atoms with van der Waals surface area (Å²) in [7, 11) is 0. The summed E-state index contributed by atoms with van der Waals surface area (Å²) >= 11 is 0. The Hall–Kier alpha value is -2.69. The summed E-state index contributed by atoms with van der Waals surface area (Å²) in [4.78, 5) is 28.4. The Morgan fingerprint density at radius 1 is 1.00 bits per heavy atom. The molecule has 2 amide bonds. The van der Waals surface area contributed by atoms with Crippen LogP contribution in [0.2, 0.25) is 0 Å². The van der Waals surface area contributed by atoms with E-state index in [1.54, 1.807) is 6.07 Å². The van der Waals surface area contributed by atoms with Gasteiger partial charge in [0.05, 0.1) is 11.1 Å². The maximum atomic E-state index is 12.3. The fraction of sp³-hybridized carbons (Fsp3) is 0.316. The Morgan fingerprint density at radius 2 is 1.58 bits per heavy atom. The summed E-state index contributed by atoms with van der Waals surface area (Å²) in [5, 5.41) is 5.69. The van der Waals surface area contributed by atoms with E-state index in [2.05, 4.69) is 15.6 Å². The predicted octanol–water partition coefficient (Wildman–Crippen LogP) is 2.85. The van der Waals surface area contributed by atoms with Gasteiger partial charge < -0.3 is 10.6 Å². The summed E-state index contributed by atoms with van der Waals surface area (Å²) in [5.74, 6) is -0.503. The lowest BCUT2D eigenvalue weighted by Crippen LogP contribution is -2.40. The molecule has 126 valence electrons. The van der Waals surface area contributed by atoms with Crippen LogP contribution in [0.3, 0.4) is 0 Å². The molecular weight excluding hydrogens is 302 g/mol. The molecule has 5 nitrogen and oxygen atoms in total. The fourth-order valence-corrected chi connectivity index (χ4v) is 2.09. The molecule has 5 heteroatoms. The third kappa shape index (κ3) is 5.19. The van der Waals surface area contributed by atoms with Gasteiger partial charge in [-0.15, -0.1) is 0 Å². The minimum Gasteiger partial charge on any atom is -0.348 e. The Labute approximate surface area is 142 Å². The van der Waals surface area contributed by atoms with Crippen molar-refractivity contribution < 1.29 is 9.59 Å². The van der Waals surface area contributed by atoms with E-state index in [1.165, 1.54) is 18.0 Å². The van der Waals surface area contributed by atoms with Crippen LogP contribution in [0.25, 0.3) is 0 Å². The van der Waals surface area contributed by atoms with Gasteiger partial charge in [0.2, 0.25) is 0 Å². The molecule has 1 aromatic heterocycles. The van der Waals surface area contributed by atoms with E-state index < -0.39 is 0 Å². The van der Waals surface area contributed by atoms with Gasteiger partial charge in [-0.05, 0) is 39.3 Å². The van der Waals surface area contributed by atoms with Crippen LogP contribution >= 0.6 is 0 Å². The van der Waals surface area contributed by atoms with E-state index in [9.17, 15) is 9.59 Å². The molecule has 1 heterocycles. The lowest BCUT2D eigenvalue weighted by atomic mass is 10.1. The van der Waals surface area contributed by atoms with Crippen LogP contribution in [0.5, 0.6) is 0 Å². The number of carbonyl (C=O) groups excluding carboxylic acids is 2. The first-order chi connectivity index (χ1) is 11.2. The summed E-state index contributed by atoms with van der Waals surface area (Å²) in [6.07, 6.45) is 2.91. The molecule has 0 aliphatic carbocycles. The van der Waals surface area contributed by atoms with Crippen LogP contribution in [0.1, 0.15) is 52.6 Å². The summed E-state index contributed by atoms with van der Waals surface area (Å²) in [6.45, 7) is 8.14. The van der Waals surface area contributed by atoms with E-state index >= 15 is 0 Å². The number of benzene rings is 1. The van der Waals surface area contributed by atoms with Crippen molar-refractivity contribution in [3.8, 4) is 0 Å². The summed E-state index contributed by atoms with van der Waals surface area (Å²) < 4.78 is 0. The fourth-order valence-electron chi connectivity index (χ4n) is 2.09. The minimum absolute atomic E-state index is 0.247. The molecule has 0 aliphatic heterocycles. The number of carbonyl (C=O) groups is 2. The molecule has 0 unspecified atom stereocenters. The normalized spacial score (nSPS) is 11.0. The second-order valence-electron chi connectivity index (χ2n) is 6.83. The maximum Gasteiger partial charge on any atom is 0.253 e. The van der Waals surface area contributed by atoms with Gasteiger partial charge in [-0.2, -0.15) is 0 Å². The highest BCUT2D eigenvalue weighted by Crippen LogP contribution is 2.07. The molecule has 1 aromatic carbocycles. The molecule has 0 spiro atoms. The van der Waals surface area contributed by atoms with Gasteiger partial charge in [0, 0.05) is 24.5 Å². The molecule has 0 atom stereocenters. The van der Waals surface area contributed by atoms with Crippen molar-refractivity contribution in [3.63, 3.8) is 0 Å². The van der Waals surface area contributed by atoms with E-state index in [0.717, 1.165) is 5.56 Å². The van der Waals surface area contributed by atoms with Crippen LogP contribution in [0, 0.1) is 6.92 Å². The Morgan fingerprint density at radius 3 is 2.17 bits per heavy atom. The second kappa shape index (κ2) is 7.25. The number of nitrogens with one attached hydrogen (secondary N) is 2. The van der Waals surface area contributed by atoms with Crippen molar-refractivity contribution in [2.75, 3.05) is 0 Å². The van der Waals surface area contributed by atoms with Gasteiger partial charge in [-0.25, -0.2) is 0 Å². The second-order valence-corrected chi connectivity index (χ2v) is 6.83. The van der Waals surface area contributed by atoms with Crippen molar-refractivity contribution in [3.05, 3.63) is 65.0 Å². The van der Waals surface area contributed by atoms with Gasteiger partial charge >= 0.3 is 0 Å². The van der Waals surface area contributed by atoms with Crippen LogP contribution in [-0.4, -0.2) is 22.3 Å². The van der Waals surface area contributed by atoms with Crippen molar-refractivity contribution in [2.45, 2.75) is 39.8 Å². The van der Waals surface area contributed by atoms with Crippen LogP contribution in [-0.2, 0) is 6.54 Å². The highest BCUT2D eigenvalue weighted by Gasteiger charge is 2.17. The third-order valence-corrected chi connectivity index (χ3v) is 3.32. The van der Waals surface area contributed by atoms with E-state index in [-0.39, 0.29) is 17.4 Å². The smallest absolute Gasteiger partial charge is 0.253 e. The van der Waals surface area contributed by atoms with Crippen molar-refractivity contribution in [1.29, 1.82) is 0 Å². The van der Waals surface area contributed by atoms with E-state index in [1.807, 2.05) is 52.0 Å². The summed E-state index contributed by atoms with van der Waals surface area (Å²) in [6, 6.07) is 9.50. The van der Waals surface area contributed by atoms with E-state index in [0.29, 0.717) is 17.7 Å². The molecule has 2 N–H and O–H groups in total. The molecule has 0 fully saturated rings. The lowest BCUT2D eigenvalue weighted by molar-refractivity contribution is 0.0919. The van der Waals surface area contributed by atoms with Crippen LogP contribution < -0.4 is 10.6 Å². The number of amides is 2. The number of hydrogen-bond donors (Lipinski definition) is 2. The minimum atomic E-state index is -0.346. The Bertz CT molecular complexity index is 731. The number of hydrogen-bond acceptors (Lipinski definition) is 3. The van der Waals surface area contributed by atoms with Gasteiger partial charge in [-0.3, -0.25) is 14.6 Å². The first-order valence-corrected chi connectivity index (χ1v) is 7.86. The topological polar surface area (TPSA) is 71.1 Å².